The summed E-state index contributed by atoms with van der Waals surface area (Å²) >= 11 is 5.67. The molecule has 1 fully saturated rings. The molecule has 0 spiro atoms. The molecular weight excluding hydrogens is 174 g/mol. The van der Waals surface area contributed by atoms with Crippen molar-refractivity contribution in [2.24, 2.45) is 5.92 Å². The summed E-state index contributed by atoms with van der Waals surface area (Å²) < 4.78 is 0. The van der Waals surface area contributed by atoms with E-state index in [2.05, 4.69) is 4.90 Å². The SMILES string of the molecule is O=CCN1CCCC(CCCl)C1. The second-order valence-electron chi connectivity index (χ2n) is 3.41. The van der Waals surface area contributed by atoms with E-state index in [1.165, 1.54) is 12.8 Å². The largest absolute Gasteiger partial charge is 0.302 e. The Morgan fingerprint density at radius 1 is 1.58 bits per heavy atom. The van der Waals surface area contributed by atoms with Crippen LogP contribution in [0.3, 0.4) is 0 Å². The van der Waals surface area contributed by atoms with E-state index in [0.29, 0.717) is 6.54 Å². The number of hydrogen-bond donors (Lipinski definition) is 0. The molecule has 0 aromatic heterocycles. The number of nitrogens with zero attached hydrogens (tertiary/aromatic N) is 1. The van der Waals surface area contributed by atoms with Gasteiger partial charge in [-0.05, 0) is 31.7 Å². The highest BCUT2D eigenvalue weighted by Gasteiger charge is 2.18. The molecule has 1 aliphatic rings. The van der Waals surface area contributed by atoms with Gasteiger partial charge in [0.15, 0.2) is 0 Å². The van der Waals surface area contributed by atoms with Gasteiger partial charge >= 0.3 is 0 Å². The fraction of sp³-hybridized carbons (Fsp3) is 0.889. The van der Waals surface area contributed by atoms with Crippen LogP contribution in [0.2, 0.25) is 0 Å². The molecule has 12 heavy (non-hydrogen) atoms. The highest BCUT2D eigenvalue weighted by Crippen LogP contribution is 2.19. The number of hydrogen-bond acceptors (Lipinski definition) is 2. The molecule has 0 radical (unpaired) electrons. The summed E-state index contributed by atoms with van der Waals surface area (Å²) in [6.07, 6.45) is 4.58. The maximum absolute atomic E-state index is 10.3. The Labute approximate surface area is 78.9 Å². The molecule has 0 amide bonds. The van der Waals surface area contributed by atoms with Gasteiger partial charge < -0.3 is 4.79 Å². The molecule has 2 nitrogen and oxygen atoms in total. The first-order valence-electron chi connectivity index (χ1n) is 4.58. The molecule has 0 bridgehead atoms. The van der Waals surface area contributed by atoms with E-state index in [1.54, 1.807) is 0 Å². The first-order chi connectivity index (χ1) is 5.86. The highest BCUT2D eigenvalue weighted by molar-refractivity contribution is 6.17. The summed E-state index contributed by atoms with van der Waals surface area (Å²) in [5.41, 5.74) is 0. The third kappa shape index (κ3) is 3.11. The number of carbonyl (C=O) groups is 1. The van der Waals surface area contributed by atoms with Crippen molar-refractivity contribution in [2.75, 3.05) is 25.5 Å². The molecule has 1 unspecified atom stereocenters. The Morgan fingerprint density at radius 3 is 3.08 bits per heavy atom. The monoisotopic (exact) mass is 189 g/mol. The average Bonchev–Trinajstić information content (AvgIpc) is 2.06. The van der Waals surface area contributed by atoms with Crippen LogP contribution in [0.25, 0.3) is 0 Å². The molecule has 0 aromatic carbocycles. The maximum Gasteiger partial charge on any atom is 0.133 e. The number of piperidine rings is 1. The lowest BCUT2D eigenvalue weighted by Gasteiger charge is -2.30. The lowest BCUT2D eigenvalue weighted by atomic mass is 9.96. The number of carbonyl (C=O) groups excluding carboxylic acids is 1. The van der Waals surface area contributed by atoms with Crippen molar-refractivity contribution in [3.63, 3.8) is 0 Å². The number of likely N-dealkylation sites (tertiary alicyclic amines) is 1. The summed E-state index contributed by atoms with van der Waals surface area (Å²) in [5, 5.41) is 0. The third-order valence-corrected chi connectivity index (χ3v) is 2.67. The van der Waals surface area contributed by atoms with Crippen LogP contribution in [-0.4, -0.2) is 36.7 Å². The Hall–Kier alpha value is -0.0800. The van der Waals surface area contributed by atoms with Crippen molar-refractivity contribution in [3.8, 4) is 0 Å². The molecule has 1 heterocycles. The van der Waals surface area contributed by atoms with E-state index >= 15 is 0 Å². The molecule has 0 saturated carbocycles. The highest BCUT2D eigenvalue weighted by atomic mass is 35.5. The molecule has 0 aromatic rings. The molecule has 1 saturated heterocycles. The molecule has 0 N–H and O–H groups in total. The number of rotatable bonds is 4. The Morgan fingerprint density at radius 2 is 2.42 bits per heavy atom. The van der Waals surface area contributed by atoms with Gasteiger partial charge in [-0.1, -0.05) is 0 Å². The second kappa shape index (κ2) is 5.55. The van der Waals surface area contributed by atoms with Crippen LogP contribution in [0.15, 0.2) is 0 Å². The predicted octanol–water partition coefficient (Wildman–Crippen LogP) is 1.53. The van der Waals surface area contributed by atoms with Crippen molar-refractivity contribution in [2.45, 2.75) is 19.3 Å². The molecule has 1 rings (SSSR count). The Bertz CT molecular complexity index is 138. The smallest absolute Gasteiger partial charge is 0.133 e. The van der Waals surface area contributed by atoms with Crippen molar-refractivity contribution < 1.29 is 4.79 Å². The van der Waals surface area contributed by atoms with E-state index in [-0.39, 0.29) is 0 Å². The van der Waals surface area contributed by atoms with E-state index in [9.17, 15) is 4.79 Å². The van der Waals surface area contributed by atoms with Gasteiger partial charge in [-0.3, -0.25) is 4.90 Å². The summed E-state index contributed by atoms with van der Waals surface area (Å²) in [6, 6.07) is 0. The van der Waals surface area contributed by atoms with Crippen LogP contribution in [-0.2, 0) is 4.79 Å². The summed E-state index contributed by atoms with van der Waals surface area (Å²) in [5.74, 6) is 1.47. The summed E-state index contributed by atoms with van der Waals surface area (Å²) in [4.78, 5) is 12.5. The first-order valence-corrected chi connectivity index (χ1v) is 5.12. The fourth-order valence-electron chi connectivity index (χ4n) is 1.81. The van der Waals surface area contributed by atoms with Gasteiger partial charge in [-0.2, -0.15) is 0 Å². The van der Waals surface area contributed by atoms with Crippen LogP contribution < -0.4 is 0 Å². The zero-order chi connectivity index (χ0) is 8.81. The standard InChI is InChI=1S/C9H16ClNO/c10-4-3-9-2-1-5-11(8-9)6-7-12/h7,9H,1-6,8H2. The van der Waals surface area contributed by atoms with Gasteiger partial charge in [0.1, 0.15) is 6.29 Å². The first kappa shape index (κ1) is 10.0. The number of aldehydes is 1. The van der Waals surface area contributed by atoms with Gasteiger partial charge in [0.05, 0.1) is 6.54 Å². The fourth-order valence-corrected chi connectivity index (χ4v) is 2.12. The van der Waals surface area contributed by atoms with Crippen LogP contribution in [0, 0.1) is 5.92 Å². The number of halogens is 1. The van der Waals surface area contributed by atoms with E-state index < -0.39 is 0 Å². The molecule has 70 valence electrons. The Balaban J connectivity index is 2.24. The Kier molecular flexibility index (Phi) is 4.62. The van der Waals surface area contributed by atoms with Crippen LogP contribution in [0.1, 0.15) is 19.3 Å². The van der Waals surface area contributed by atoms with E-state index in [0.717, 1.165) is 37.6 Å². The van der Waals surface area contributed by atoms with E-state index in [4.69, 9.17) is 11.6 Å². The molecule has 1 aliphatic heterocycles. The maximum atomic E-state index is 10.3. The molecule has 0 aliphatic carbocycles. The minimum Gasteiger partial charge on any atom is -0.302 e. The molecular formula is C9H16ClNO. The van der Waals surface area contributed by atoms with Crippen LogP contribution in [0.4, 0.5) is 0 Å². The lowest BCUT2D eigenvalue weighted by molar-refractivity contribution is -0.109. The average molecular weight is 190 g/mol. The zero-order valence-corrected chi connectivity index (χ0v) is 8.09. The van der Waals surface area contributed by atoms with Crippen molar-refractivity contribution in [3.05, 3.63) is 0 Å². The van der Waals surface area contributed by atoms with Crippen molar-refractivity contribution in [1.29, 1.82) is 0 Å². The molecule has 1 atom stereocenters. The van der Waals surface area contributed by atoms with E-state index in [1.807, 2.05) is 0 Å². The third-order valence-electron chi connectivity index (χ3n) is 2.45. The van der Waals surface area contributed by atoms with Gasteiger partial charge in [-0.15, -0.1) is 11.6 Å². The summed E-state index contributed by atoms with van der Waals surface area (Å²) in [7, 11) is 0. The topological polar surface area (TPSA) is 20.3 Å². The normalized spacial score (nSPS) is 25.6. The van der Waals surface area contributed by atoms with Gasteiger partial charge in [-0.25, -0.2) is 0 Å². The van der Waals surface area contributed by atoms with Crippen LogP contribution >= 0.6 is 11.6 Å². The van der Waals surface area contributed by atoms with Crippen LogP contribution in [0.5, 0.6) is 0 Å². The summed E-state index contributed by atoms with van der Waals surface area (Å²) in [6.45, 7) is 2.74. The van der Waals surface area contributed by atoms with Gasteiger partial charge in [0.2, 0.25) is 0 Å². The molecule has 3 heteroatoms. The second-order valence-corrected chi connectivity index (χ2v) is 3.79. The van der Waals surface area contributed by atoms with Gasteiger partial charge in [0.25, 0.3) is 0 Å². The minimum atomic E-state index is 0.596. The van der Waals surface area contributed by atoms with Crippen molar-refractivity contribution >= 4 is 17.9 Å². The number of alkyl halides is 1. The minimum absolute atomic E-state index is 0.596. The van der Waals surface area contributed by atoms with Crippen molar-refractivity contribution in [1.82, 2.24) is 4.90 Å². The predicted molar refractivity (Wildman–Crippen MR) is 50.6 cm³/mol. The zero-order valence-electron chi connectivity index (χ0n) is 7.34. The lowest BCUT2D eigenvalue weighted by Crippen LogP contribution is -2.36. The quantitative estimate of drug-likeness (QED) is 0.494. The van der Waals surface area contributed by atoms with Gasteiger partial charge in [0, 0.05) is 12.4 Å².